The predicted molar refractivity (Wildman–Crippen MR) is 175 cm³/mol. The molecule has 0 N–H and O–H groups in total. The molecule has 0 radical (unpaired) electrons. The highest BCUT2D eigenvalue weighted by Gasteiger charge is 2.20. The Morgan fingerprint density at radius 3 is 1.83 bits per heavy atom. The van der Waals surface area contributed by atoms with Crippen molar-refractivity contribution in [2.75, 3.05) is 0 Å². The molecular formula is C40H24O. The molecule has 0 saturated heterocycles. The van der Waals surface area contributed by atoms with Gasteiger partial charge in [0.1, 0.15) is 11.2 Å². The lowest BCUT2D eigenvalue weighted by Crippen LogP contribution is -1.91. The second kappa shape index (κ2) is 8.55. The highest BCUT2D eigenvalue weighted by Crippen LogP contribution is 2.47. The number of hydrogen-bond donors (Lipinski definition) is 0. The van der Waals surface area contributed by atoms with Crippen LogP contribution in [0.1, 0.15) is 23.3 Å². The molecule has 1 aromatic heterocycles. The first-order valence-electron chi connectivity index (χ1n) is 21.2. The molecule has 9 aromatic rings. The van der Waals surface area contributed by atoms with Crippen molar-refractivity contribution in [1.82, 2.24) is 0 Å². The fourth-order valence-corrected chi connectivity index (χ4v) is 5.66. The van der Waals surface area contributed by atoms with E-state index >= 15 is 0 Å². The molecular weight excluding hydrogens is 496 g/mol. The van der Waals surface area contributed by atoms with Gasteiger partial charge in [-0.3, -0.25) is 0 Å². The van der Waals surface area contributed by atoms with E-state index in [4.69, 9.17) is 18.1 Å². The Morgan fingerprint density at radius 2 is 1.05 bits per heavy atom. The Morgan fingerprint density at radius 1 is 0.439 bits per heavy atom. The predicted octanol–water partition coefficient (Wildman–Crippen LogP) is 11.5. The summed E-state index contributed by atoms with van der Waals surface area (Å²) in [5, 5.41) is -1.67. The van der Waals surface area contributed by atoms with Crippen molar-refractivity contribution in [2.24, 2.45) is 0 Å². The van der Waals surface area contributed by atoms with Gasteiger partial charge in [0, 0.05) is 10.8 Å². The van der Waals surface area contributed by atoms with Gasteiger partial charge in [-0.1, -0.05) is 127 Å². The van der Waals surface area contributed by atoms with Crippen LogP contribution < -0.4 is 0 Å². The molecule has 1 heteroatoms. The zero-order valence-electron chi connectivity index (χ0n) is 37.9. The van der Waals surface area contributed by atoms with Crippen LogP contribution in [0.15, 0.2) is 150 Å². The maximum absolute atomic E-state index is 9.64. The summed E-state index contributed by atoms with van der Waals surface area (Å²) in [6.07, 6.45) is 0. The molecule has 0 aliphatic rings. The van der Waals surface area contributed by atoms with Crippen LogP contribution in [0.3, 0.4) is 0 Å². The van der Waals surface area contributed by atoms with Gasteiger partial charge in [-0.2, -0.15) is 0 Å². The van der Waals surface area contributed by atoms with Gasteiger partial charge >= 0.3 is 0 Å². The smallest absolute Gasteiger partial charge is 0.136 e. The number of hydrogen-bond acceptors (Lipinski definition) is 1. The number of furan rings is 1. The summed E-state index contributed by atoms with van der Waals surface area (Å²) in [6.45, 7) is 0. The van der Waals surface area contributed by atoms with Crippen molar-refractivity contribution in [3.05, 3.63) is 145 Å². The highest BCUT2D eigenvalue weighted by molar-refractivity contribution is 6.26. The van der Waals surface area contributed by atoms with Crippen LogP contribution in [0.25, 0.3) is 87.3 Å². The van der Waals surface area contributed by atoms with Gasteiger partial charge < -0.3 is 4.42 Å². The fraction of sp³-hybridized carbons (Fsp3) is 0. The maximum Gasteiger partial charge on any atom is 0.136 e. The summed E-state index contributed by atoms with van der Waals surface area (Å²) >= 11 is 0. The minimum atomic E-state index is -0.790. The fourth-order valence-electron chi connectivity index (χ4n) is 5.66. The molecule has 1 nitrogen and oxygen atoms in total. The summed E-state index contributed by atoms with van der Waals surface area (Å²) in [7, 11) is 0. The summed E-state index contributed by atoms with van der Waals surface area (Å²) in [4.78, 5) is 0. The van der Waals surface area contributed by atoms with Crippen LogP contribution in [0.4, 0.5) is 0 Å². The van der Waals surface area contributed by atoms with Crippen molar-refractivity contribution >= 4 is 65.0 Å². The SMILES string of the molecule is [2H]c1c([2H])c([2H])c2c(-c3cccc4oc5ccccc5c34)c3c([2H])c([2H])c([2H])c([2H])c3c(-c3c([2H])c([2H])c4c(c3[2H])c([2H])c([2H])c3c([2H])c([2H])c([2H])c([2H])c34)c2c1[2H]. The first-order chi connectivity index (χ1) is 27.4. The van der Waals surface area contributed by atoms with Crippen molar-refractivity contribution in [3.63, 3.8) is 0 Å². The lowest BCUT2D eigenvalue weighted by Gasteiger charge is -2.18. The third-order valence-electron chi connectivity index (χ3n) is 7.36. The summed E-state index contributed by atoms with van der Waals surface area (Å²) in [5.41, 5.74) is 0.182. The first-order valence-corrected chi connectivity index (χ1v) is 12.7. The molecule has 8 aromatic carbocycles. The summed E-state index contributed by atoms with van der Waals surface area (Å²) in [5.74, 6) is 0. The largest absolute Gasteiger partial charge is 0.456 e. The zero-order chi connectivity index (χ0) is 41.7. The number of para-hydroxylation sites is 1. The van der Waals surface area contributed by atoms with Gasteiger partial charge in [0.2, 0.25) is 0 Å². The Kier molecular flexibility index (Phi) is 2.42. The molecule has 0 aliphatic heterocycles. The van der Waals surface area contributed by atoms with Gasteiger partial charge in [0.15, 0.2) is 0 Å². The summed E-state index contributed by atoms with van der Waals surface area (Å²) < 4.78 is 159. The van der Waals surface area contributed by atoms with E-state index < -0.39 is 130 Å². The Hall–Kier alpha value is -5.40. The monoisotopic (exact) mass is 537 g/mol. The quantitative estimate of drug-likeness (QED) is 0.158. The minimum Gasteiger partial charge on any atom is -0.456 e. The third-order valence-corrected chi connectivity index (χ3v) is 7.36. The van der Waals surface area contributed by atoms with Crippen molar-refractivity contribution < 1.29 is 27.7 Å². The topological polar surface area (TPSA) is 13.1 Å². The minimum absolute atomic E-state index is 0.00790. The highest BCUT2D eigenvalue weighted by atomic mass is 16.3. The van der Waals surface area contributed by atoms with Crippen LogP contribution in [-0.4, -0.2) is 0 Å². The van der Waals surface area contributed by atoms with Crippen LogP contribution in [0.2, 0.25) is 0 Å². The second-order valence-electron chi connectivity index (χ2n) is 9.53. The molecule has 0 fully saturated rings. The van der Waals surface area contributed by atoms with Crippen LogP contribution in [0.5, 0.6) is 0 Å². The molecule has 0 atom stereocenters. The molecule has 190 valence electrons. The van der Waals surface area contributed by atoms with E-state index in [0.29, 0.717) is 27.5 Å². The van der Waals surface area contributed by atoms with E-state index in [-0.39, 0.29) is 32.5 Å². The zero-order valence-corrected chi connectivity index (χ0v) is 20.9. The number of benzene rings is 8. The average molecular weight is 538 g/mol. The molecule has 0 saturated carbocycles. The number of fused-ring (bicyclic) bond motifs is 8. The molecule has 41 heavy (non-hydrogen) atoms. The van der Waals surface area contributed by atoms with Crippen LogP contribution in [0, 0.1) is 0 Å². The van der Waals surface area contributed by atoms with Crippen LogP contribution >= 0.6 is 0 Å². The van der Waals surface area contributed by atoms with Crippen molar-refractivity contribution in [2.45, 2.75) is 0 Å². The molecule has 9 rings (SSSR count). The lowest BCUT2D eigenvalue weighted by atomic mass is 9.84. The van der Waals surface area contributed by atoms with E-state index in [1.807, 2.05) is 0 Å². The van der Waals surface area contributed by atoms with E-state index in [1.165, 1.54) is 0 Å². The third kappa shape index (κ3) is 3.24. The lowest BCUT2D eigenvalue weighted by molar-refractivity contribution is 0.669. The van der Waals surface area contributed by atoms with Gasteiger partial charge in [0.05, 0.1) is 23.3 Å². The normalized spacial score (nSPS) is 17.7. The molecule has 0 aliphatic carbocycles. The van der Waals surface area contributed by atoms with Gasteiger partial charge in [-0.05, 0) is 83.5 Å². The molecule has 0 amide bonds. The van der Waals surface area contributed by atoms with Crippen LogP contribution in [-0.2, 0) is 0 Å². The van der Waals surface area contributed by atoms with E-state index in [2.05, 4.69) is 0 Å². The van der Waals surface area contributed by atoms with Gasteiger partial charge in [0.25, 0.3) is 0 Å². The molecule has 0 bridgehead atoms. The van der Waals surface area contributed by atoms with Gasteiger partial charge in [-0.15, -0.1) is 0 Å². The van der Waals surface area contributed by atoms with Crippen molar-refractivity contribution in [3.8, 4) is 22.3 Å². The molecule has 1 heterocycles. The average Bonchev–Trinajstić information content (AvgIpc) is 3.60. The van der Waals surface area contributed by atoms with E-state index in [1.54, 1.807) is 42.5 Å². The number of rotatable bonds is 2. The second-order valence-corrected chi connectivity index (χ2v) is 9.53. The van der Waals surface area contributed by atoms with Crippen molar-refractivity contribution in [1.29, 1.82) is 0 Å². The Bertz CT molecular complexity index is 3340. The molecule has 0 unspecified atom stereocenters. The summed E-state index contributed by atoms with van der Waals surface area (Å²) in [6, 6.07) is 0.189. The van der Waals surface area contributed by atoms with E-state index in [9.17, 15) is 9.60 Å². The standard InChI is InChI=1S/C40H24O/c1-2-11-28-25(10-1)20-21-26-24-27(22-23-29(26)28)38-30-12-3-5-14-32(30)39(33-15-6-4-13-31(33)38)35-17-9-19-37-40(35)34-16-7-8-18-36(34)41-37/h1-24H/i1D,2D,3D,4D,5D,6D,10D,11D,12D,13D,14D,15D,20D,21D,22D,23D,24D. The maximum atomic E-state index is 9.64. The van der Waals surface area contributed by atoms with E-state index in [0.717, 1.165) is 0 Å². The molecule has 0 spiro atoms. The van der Waals surface area contributed by atoms with Gasteiger partial charge in [-0.25, -0.2) is 0 Å². The first kappa shape index (κ1) is 11.6. The Labute approximate surface area is 260 Å². The Balaban J connectivity index is 1.62.